The minimum Gasteiger partial charge on any atom is -0.478 e. The van der Waals surface area contributed by atoms with E-state index in [2.05, 4.69) is 26.1 Å². The minimum absolute atomic E-state index is 0.0471. The summed E-state index contributed by atoms with van der Waals surface area (Å²) in [6.45, 7) is 8.22. The average molecular weight is 541 g/mol. The summed E-state index contributed by atoms with van der Waals surface area (Å²) in [7, 11) is 0. The number of amides is 4. The molecule has 0 unspecified atom stereocenters. The highest BCUT2D eigenvalue weighted by Crippen LogP contribution is 2.20. The fourth-order valence-corrected chi connectivity index (χ4v) is 3.71. The van der Waals surface area contributed by atoms with Crippen LogP contribution >= 0.6 is 11.3 Å². The van der Waals surface area contributed by atoms with Crippen molar-refractivity contribution in [3.05, 3.63) is 11.1 Å². The van der Waals surface area contributed by atoms with Crippen LogP contribution in [-0.2, 0) is 28.7 Å². The van der Waals surface area contributed by atoms with E-state index in [1.807, 2.05) is 0 Å². The molecule has 2 saturated heterocycles. The van der Waals surface area contributed by atoms with Crippen molar-refractivity contribution in [3.8, 4) is 0 Å². The minimum atomic E-state index is -1.79. The molecule has 0 bridgehead atoms. The summed E-state index contributed by atoms with van der Waals surface area (Å²) in [6.07, 6.45) is -1.29. The standard InChI is InChI=1S/C21H28N6O9S/c1-20(2,3)35-18(32)25-17-23-11(9-37-17)13(26-36-21(4,5)16(30)31)15(29)24-12-10(22-14(12)28)8-27-6-7-34-19(27)33/h9-10,12H,6-8H2,1-5H3,(H,22,28)(H,24,29)(H,30,31)(H,23,25,32)/t10-,12+/m1/s1. The third-order valence-electron chi connectivity index (χ3n) is 5.01. The van der Waals surface area contributed by atoms with Crippen LogP contribution in [0.4, 0.5) is 14.7 Å². The summed E-state index contributed by atoms with van der Waals surface area (Å²) in [4.78, 5) is 71.1. The molecular formula is C21H28N6O9S. The van der Waals surface area contributed by atoms with Gasteiger partial charge in [-0.25, -0.2) is 19.4 Å². The first-order chi connectivity index (χ1) is 17.2. The Labute approximate surface area is 215 Å². The Morgan fingerprint density at radius 1 is 1.30 bits per heavy atom. The predicted molar refractivity (Wildman–Crippen MR) is 128 cm³/mol. The molecule has 37 heavy (non-hydrogen) atoms. The first kappa shape index (κ1) is 27.6. The Morgan fingerprint density at radius 3 is 2.57 bits per heavy atom. The number of nitrogens with one attached hydrogen (secondary N) is 3. The summed E-state index contributed by atoms with van der Waals surface area (Å²) in [5.74, 6) is -2.70. The lowest BCUT2D eigenvalue weighted by atomic mass is 9.98. The summed E-state index contributed by atoms with van der Waals surface area (Å²) in [5.41, 5.74) is -3.01. The highest BCUT2D eigenvalue weighted by molar-refractivity contribution is 7.14. The SMILES string of the molecule is CC(C)(C)OC(=O)Nc1nc(C(=NOC(C)(C)C(=O)O)C(=O)N[C@@H]2C(=O)N[C@@H]2CN2CCOC2=O)cs1. The van der Waals surface area contributed by atoms with Crippen LogP contribution < -0.4 is 16.0 Å². The number of nitrogens with zero attached hydrogens (tertiary/aromatic N) is 3. The van der Waals surface area contributed by atoms with Crippen molar-refractivity contribution >= 4 is 52.2 Å². The molecule has 0 aliphatic carbocycles. The van der Waals surface area contributed by atoms with Crippen LogP contribution in [0.15, 0.2) is 10.5 Å². The molecule has 3 rings (SSSR count). The summed E-state index contributed by atoms with van der Waals surface area (Å²) < 4.78 is 10.0. The molecular weight excluding hydrogens is 512 g/mol. The number of oxime groups is 1. The third-order valence-corrected chi connectivity index (χ3v) is 5.77. The number of thiazole rings is 1. The predicted octanol–water partition coefficient (Wildman–Crippen LogP) is 0.509. The number of rotatable bonds is 9. The Morgan fingerprint density at radius 2 is 2.00 bits per heavy atom. The number of hydrogen-bond acceptors (Lipinski definition) is 11. The van der Waals surface area contributed by atoms with Gasteiger partial charge in [-0.05, 0) is 34.6 Å². The molecule has 202 valence electrons. The number of carboxylic acid groups (broad SMARTS) is 1. The molecule has 4 amide bonds. The number of hydrogen-bond donors (Lipinski definition) is 4. The van der Waals surface area contributed by atoms with Crippen LogP contribution in [0.2, 0.25) is 0 Å². The number of carbonyl (C=O) groups is 5. The Hall–Kier alpha value is -3.95. The molecule has 1 aromatic heterocycles. The molecule has 0 saturated carbocycles. The van der Waals surface area contributed by atoms with E-state index >= 15 is 0 Å². The second kappa shape index (κ2) is 10.6. The summed E-state index contributed by atoms with van der Waals surface area (Å²) in [5, 5.41) is 22.1. The molecule has 16 heteroatoms. The first-order valence-electron chi connectivity index (χ1n) is 11.1. The zero-order valence-corrected chi connectivity index (χ0v) is 21.6. The molecule has 2 atom stereocenters. The molecule has 3 heterocycles. The van der Waals surface area contributed by atoms with Gasteiger partial charge in [0, 0.05) is 11.9 Å². The van der Waals surface area contributed by atoms with E-state index < -0.39 is 59.0 Å². The number of ether oxygens (including phenoxy) is 2. The van der Waals surface area contributed by atoms with Crippen LogP contribution in [0.1, 0.15) is 40.3 Å². The smallest absolute Gasteiger partial charge is 0.413 e. The lowest BCUT2D eigenvalue weighted by Crippen LogP contribution is -2.72. The largest absolute Gasteiger partial charge is 0.478 e. The summed E-state index contributed by atoms with van der Waals surface area (Å²) >= 11 is 0.957. The van der Waals surface area contributed by atoms with Crippen molar-refractivity contribution in [1.82, 2.24) is 20.5 Å². The fraction of sp³-hybridized carbons (Fsp3) is 0.571. The van der Waals surface area contributed by atoms with Crippen LogP contribution in [0.5, 0.6) is 0 Å². The van der Waals surface area contributed by atoms with Crippen molar-refractivity contribution < 1.29 is 43.4 Å². The van der Waals surface area contributed by atoms with Crippen molar-refractivity contribution in [2.45, 2.75) is 57.9 Å². The van der Waals surface area contributed by atoms with Gasteiger partial charge < -0.3 is 35.0 Å². The second-order valence-corrected chi connectivity index (χ2v) is 10.5. The number of anilines is 1. The third kappa shape index (κ3) is 7.05. The van der Waals surface area contributed by atoms with E-state index in [0.717, 1.165) is 11.3 Å². The molecule has 0 radical (unpaired) electrons. The number of carboxylic acids is 1. The number of aliphatic carboxylic acids is 1. The van der Waals surface area contributed by atoms with Gasteiger partial charge in [0.05, 0.1) is 12.6 Å². The molecule has 2 aliphatic rings. The van der Waals surface area contributed by atoms with Gasteiger partial charge in [-0.2, -0.15) is 0 Å². The van der Waals surface area contributed by atoms with Gasteiger partial charge in [-0.1, -0.05) is 5.16 Å². The van der Waals surface area contributed by atoms with E-state index in [1.165, 1.54) is 24.1 Å². The zero-order chi connectivity index (χ0) is 27.5. The quantitative estimate of drug-likeness (QED) is 0.194. The van der Waals surface area contributed by atoms with Gasteiger partial charge in [0.1, 0.15) is 23.9 Å². The van der Waals surface area contributed by atoms with Gasteiger partial charge in [-0.15, -0.1) is 11.3 Å². The Kier molecular flexibility index (Phi) is 7.90. The molecule has 0 spiro atoms. The van der Waals surface area contributed by atoms with Crippen LogP contribution in [0, 0.1) is 0 Å². The molecule has 15 nitrogen and oxygen atoms in total. The number of β-lactam (4-membered cyclic amide) rings is 1. The normalized spacial score (nSPS) is 19.9. The van der Waals surface area contributed by atoms with Crippen LogP contribution in [-0.4, -0.2) is 93.7 Å². The highest BCUT2D eigenvalue weighted by Gasteiger charge is 2.43. The van der Waals surface area contributed by atoms with Gasteiger partial charge in [-0.3, -0.25) is 14.9 Å². The zero-order valence-electron chi connectivity index (χ0n) is 20.8. The maximum atomic E-state index is 13.1. The molecule has 0 aromatic carbocycles. The lowest BCUT2D eigenvalue weighted by molar-refractivity contribution is -0.161. The van der Waals surface area contributed by atoms with E-state index in [9.17, 15) is 29.1 Å². The Bertz CT molecular complexity index is 1130. The summed E-state index contributed by atoms with van der Waals surface area (Å²) in [6, 6.07) is -1.59. The van der Waals surface area contributed by atoms with Gasteiger partial charge >= 0.3 is 18.2 Å². The maximum absolute atomic E-state index is 13.1. The monoisotopic (exact) mass is 540 g/mol. The number of aromatic nitrogens is 1. The van der Waals surface area contributed by atoms with Crippen molar-refractivity contribution in [1.29, 1.82) is 0 Å². The molecule has 2 aliphatic heterocycles. The fourth-order valence-electron chi connectivity index (χ4n) is 3.03. The van der Waals surface area contributed by atoms with E-state index in [4.69, 9.17) is 14.3 Å². The topological polar surface area (TPSA) is 198 Å². The van der Waals surface area contributed by atoms with Crippen molar-refractivity contribution in [2.24, 2.45) is 5.16 Å². The number of carbonyl (C=O) groups excluding carboxylic acids is 4. The highest BCUT2D eigenvalue weighted by atomic mass is 32.1. The second-order valence-electron chi connectivity index (χ2n) is 9.64. The van der Waals surface area contributed by atoms with Gasteiger partial charge in [0.25, 0.3) is 5.91 Å². The average Bonchev–Trinajstić information content (AvgIpc) is 3.39. The van der Waals surface area contributed by atoms with E-state index in [-0.39, 0.29) is 24.0 Å². The lowest BCUT2D eigenvalue weighted by Gasteiger charge is -2.38. The first-order valence-corrected chi connectivity index (χ1v) is 12.0. The molecule has 1 aromatic rings. The van der Waals surface area contributed by atoms with Crippen LogP contribution in [0.3, 0.4) is 0 Å². The van der Waals surface area contributed by atoms with Gasteiger partial charge in [0.15, 0.2) is 10.8 Å². The molecule has 2 fully saturated rings. The van der Waals surface area contributed by atoms with E-state index in [1.54, 1.807) is 20.8 Å². The maximum Gasteiger partial charge on any atom is 0.413 e. The Balaban J connectivity index is 1.78. The van der Waals surface area contributed by atoms with E-state index in [0.29, 0.717) is 6.54 Å². The molecule has 4 N–H and O–H groups in total. The van der Waals surface area contributed by atoms with Crippen molar-refractivity contribution in [3.63, 3.8) is 0 Å². The number of cyclic esters (lactones) is 1. The van der Waals surface area contributed by atoms with Crippen LogP contribution in [0.25, 0.3) is 0 Å². The van der Waals surface area contributed by atoms with Gasteiger partial charge in [0.2, 0.25) is 11.5 Å². The van der Waals surface area contributed by atoms with Crippen molar-refractivity contribution in [2.75, 3.05) is 25.0 Å².